The van der Waals surface area contributed by atoms with Gasteiger partial charge in [-0.3, -0.25) is 0 Å². The summed E-state index contributed by atoms with van der Waals surface area (Å²) in [6, 6.07) is 0. The predicted octanol–water partition coefficient (Wildman–Crippen LogP) is 14.7. The van der Waals surface area contributed by atoms with Crippen LogP contribution in [-0.4, -0.2) is 56.3 Å². The van der Waals surface area contributed by atoms with Crippen LogP contribution in [0.2, 0.25) is 0 Å². The van der Waals surface area contributed by atoms with Crippen molar-refractivity contribution in [3.63, 3.8) is 0 Å². The molecule has 0 aromatic heterocycles. The van der Waals surface area contributed by atoms with Gasteiger partial charge in [0.25, 0.3) is 0 Å². The topological polar surface area (TPSA) is 43.4 Å². The Kier molecular flexibility index (Phi) is 23.3. The van der Waals surface area contributed by atoms with Crippen molar-refractivity contribution >= 4 is 16.9 Å². The van der Waals surface area contributed by atoms with Crippen LogP contribution < -0.4 is 0 Å². The van der Waals surface area contributed by atoms with Crippen molar-refractivity contribution in [2.75, 3.05) is 24.6 Å². The minimum absolute atomic E-state index is 0.0123. The average Bonchev–Trinajstić information content (AvgIpc) is 3.03. The van der Waals surface area contributed by atoms with Gasteiger partial charge in [-0.05, 0) is 0 Å². The van der Waals surface area contributed by atoms with Gasteiger partial charge in [-0.25, -0.2) is 0 Å². The van der Waals surface area contributed by atoms with Crippen LogP contribution in [0, 0.1) is 0 Å². The normalized spacial score (nSPS) is 14.6. The fourth-order valence-corrected chi connectivity index (χ4v) is 16.5. The summed E-state index contributed by atoms with van der Waals surface area (Å²) in [4.78, 5) is 0. The third kappa shape index (κ3) is 15.2. The first kappa shape index (κ1) is 49.7. The van der Waals surface area contributed by atoms with Crippen molar-refractivity contribution in [3.05, 3.63) is 0 Å². The standard InChI is InChI=1S/C36H68F9O3PS/c1-5-9-13-17-18-19-20-21-22-23-24-28-32-49(29-25-14-10-6-2,30-26-15-11-7-3,31-27-16-12-8-4)48-50(46,47)36(44,45)34(39,40)33(37,38)35(41,42)43/h5-32H2,1-4H3. The quantitative estimate of drug-likeness (QED) is 0.0378. The van der Waals surface area contributed by atoms with Crippen LogP contribution in [0.4, 0.5) is 39.5 Å². The molecular formula is C36H68F9O3PS. The molecule has 0 bridgehead atoms. The Morgan fingerprint density at radius 3 is 0.900 bits per heavy atom. The first-order valence-corrected chi connectivity index (χ1v) is 23.7. The van der Waals surface area contributed by atoms with Gasteiger partial charge in [0.1, 0.15) is 0 Å². The Balaban J connectivity index is 6.62. The Bertz CT molecular complexity index is 958. The van der Waals surface area contributed by atoms with E-state index < -0.39 is 40.2 Å². The fourth-order valence-electron chi connectivity index (χ4n) is 6.83. The first-order valence-electron chi connectivity index (χ1n) is 19.4. The molecule has 304 valence electrons. The zero-order valence-corrected chi connectivity index (χ0v) is 33.0. The Morgan fingerprint density at radius 2 is 0.640 bits per heavy atom. The second-order valence-corrected chi connectivity index (χ2v) is 22.0. The van der Waals surface area contributed by atoms with E-state index in [1.807, 2.05) is 20.8 Å². The van der Waals surface area contributed by atoms with Crippen LogP contribution in [0.5, 0.6) is 0 Å². The van der Waals surface area contributed by atoms with Crippen LogP contribution in [0.25, 0.3) is 0 Å². The number of hydrogen-bond donors (Lipinski definition) is 0. The molecule has 3 nitrogen and oxygen atoms in total. The Labute approximate surface area is 298 Å². The molecule has 0 rings (SSSR count). The summed E-state index contributed by atoms with van der Waals surface area (Å²) < 4.78 is 159. The van der Waals surface area contributed by atoms with Crippen LogP contribution in [0.1, 0.15) is 182 Å². The molecule has 0 spiro atoms. The molecule has 0 aliphatic heterocycles. The molecule has 0 aromatic carbocycles. The van der Waals surface area contributed by atoms with E-state index >= 15 is 8.78 Å². The Morgan fingerprint density at radius 1 is 0.400 bits per heavy atom. The molecule has 0 unspecified atom stereocenters. The first-order chi connectivity index (χ1) is 23.3. The third-order valence-corrected chi connectivity index (χ3v) is 19.2. The summed E-state index contributed by atoms with van der Waals surface area (Å²) in [5.41, 5.74) is 0. The molecule has 0 heterocycles. The molecule has 14 heteroatoms. The molecule has 0 amide bonds. The van der Waals surface area contributed by atoms with E-state index in [4.69, 9.17) is 3.97 Å². The van der Waals surface area contributed by atoms with Crippen molar-refractivity contribution < 1.29 is 51.9 Å². The summed E-state index contributed by atoms with van der Waals surface area (Å²) in [6.07, 6.45) is 12.2. The van der Waals surface area contributed by atoms with E-state index in [0.717, 1.165) is 70.6 Å². The summed E-state index contributed by atoms with van der Waals surface area (Å²) in [7, 11) is -6.98. The third-order valence-electron chi connectivity index (χ3n) is 10.0. The number of alkyl halides is 9. The molecule has 0 aliphatic rings. The van der Waals surface area contributed by atoms with E-state index in [-0.39, 0.29) is 24.6 Å². The fraction of sp³-hybridized carbons (Fsp3) is 1.00. The van der Waals surface area contributed by atoms with Crippen LogP contribution in [-0.2, 0) is 14.1 Å². The molecule has 0 saturated heterocycles. The van der Waals surface area contributed by atoms with Crippen molar-refractivity contribution in [2.45, 2.75) is 205 Å². The number of unbranched alkanes of at least 4 members (excludes halogenated alkanes) is 20. The monoisotopic (exact) mass is 782 g/mol. The summed E-state index contributed by atoms with van der Waals surface area (Å²) >= 11 is 0. The van der Waals surface area contributed by atoms with E-state index in [1.54, 1.807) is 0 Å². The van der Waals surface area contributed by atoms with E-state index in [9.17, 15) is 39.2 Å². The molecule has 0 fully saturated rings. The Hall–Kier alpha value is -0.290. The van der Waals surface area contributed by atoms with Gasteiger partial charge in [0.2, 0.25) is 0 Å². The molecule has 0 atom stereocenters. The second kappa shape index (κ2) is 23.5. The zero-order valence-electron chi connectivity index (χ0n) is 31.3. The zero-order chi connectivity index (χ0) is 38.5. The molecule has 0 radical (unpaired) electrons. The van der Waals surface area contributed by atoms with Gasteiger partial charge in [-0.2, -0.15) is 0 Å². The minimum atomic E-state index is -7.32. The molecule has 0 saturated carbocycles. The van der Waals surface area contributed by atoms with Crippen LogP contribution >= 0.6 is 6.83 Å². The van der Waals surface area contributed by atoms with Gasteiger partial charge >= 0.3 is 285 Å². The number of hydrogen-bond acceptors (Lipinski definition) is 3. The van der Waals surface area contributed by atoms with E-state index in [1.165, 1.54) is 32.1 Å². The summed E-state index contributed by atoms with van der Waals surface area (Å²) in [5.74, 6) is -14.6. The predicted molar refractivity (Wildman–Crippen MR) is 191 cm³/mol. The van der Waals surface area contributed by atoms with Crippen LogP contribution in [0.15, 0.2) is 0 Å². The van der Waals surface area contributed by atoms with Gasteiger partial charge < -0.3 is 0 Å². The van der Waals surface area contributed by atoms with Crippen molar-refractivity contribution in [3.8, 4) is 0 Å². The van der Waals surface area contributed by atoms with Gasteiger partial charge in [0.15, 0.2) is 0 Å². The number of rotatable bonds is 33. The van der Waals surface area contributed by atoms with Crippen molar-refractivity contribution in [1.29, 1.82) is 0 Å². The van der Waals surface area contributed by atoms with E-state index in [0.29, 0.717) is 51.4 Å². The number of halogens is 9. The maximum atomic E-state index is 15.3. The molecule has 0 aromatic rings. The van der Waals surface area contributed by atoms with E-state index in [2.05, 4.69) is 6.92 Å². The summed E-state index contributed by atoms with van der Waals surface area (Å²) in [5, 5.41) is -6.84. The van der Waals surface area contributed by atoms with Gasteiger partial charge in [-0.15, -0.1) is 0 Å². The molecule has 50 heavy (non-hydrogen) atoms. The van der Waals surface area contributed by atoms with Gasteiger partial charge in [-0.1, -0.05) is 13.3 Å². The maximum absolute atomic E-state index is 15.3. The van der Waals surface area contributed by atoms with Crippen molar-refractivity contribution in [1.82, 2.24) is 0 Å². The summed E-state index contributed by atoms with van der Waals surface area (Å²) in [6.45, 7) is 3.50. The van der Waals surface area contributed by atoms with Crippen LogP contribution in [0.3, 0.4) is 0 Å². The second-order valence-electron chi connectivity index (χ2n) is 14.5. The van der Waals surface area contributed by atoms with Crippen molar-refractivity contribution in [2.24, 2.45) is 0 Å². The molecule has 0 aliphatic carbocycles. The average molecular weight is 783 g/mol. The van der Waals surface area contributed by atoms with Gasteiger partial charge in [0.05, 0.1) is 0 Å². The van der Waals surface area contributed by atoms with Gasteiger partial charge in [0, 0.05) is 0 Å². The molecular weight excluding hydrogens is 714 g/mol. The SMILES string of the molecule is CCCCCCCCCCCCCCP(CCCCCC)(CCCCCC)(CCCCCC)OS(=O)(=O)C(F)(F)C(F)(F)C(F)(F)C(F)(F)F. The molecule has 0 N–H and O–H groups in total.